The number of hydrogen-bond donors (Lipinski definition) is 1. The zero-order valence-electron chi connectivity index (χ0n) is 13.4. The molecule has 0 aromatic carbocycles. The molecule has 116 valence electrons. The Kier molecular flexibility index (Phi) is 7.03. The van der Waals surface area contributed by atoms with Crippen LogP contribution in [0.3, 0.4) is 0 Å². The molecule has 2 amide bonds. The van der Waals surface area contributed by atoms with Crippen molar-refractivity contribution in [1.82, 2.24) is 10.2 Å². The molecule has 1 fully saturated rings. The Morgan fingerprint density at radius 3 is 2.45 bits per heavy atom. The molecular weight excluding hydrogens is 252 g/mol. The van der Waals surface area contributed by atoms with Crippen LogP contribution in [0, 0.1) is 17.8 Å². The highest BCUT2D eigenvalue weighted by Gasteiger charge is 2.27. The van der Waals surface area contributed by atoms with Crippen molar-refractivity contribution in [2.24, 2.45) is 17.8 Å². The summed E-state index contributed by atoms with van der Waals surface area (Å²) in [7, 11) is 0. The van der Waals surface area contributed by atoms with Crippen molar-refractivity contribution >= 4 is 11.8 Å². The van der Waals surface area contributed by atoms with E-state index in [0.717, 1.165) is 38.8 Å². The van der Waals surface area contributed by atoms with Gasteiger partial charge in [0.1, 0.15) is 0 Å². The lowest BCUT2D eigenvalue weighted by Gasteiger charge is -2.35. The van der Waals surface area contributed by atoms with Crippen LogP contribution in [0.1, 0.15) is 53.4 Å². The number of carbonyl (C=O) groups excluding carboxylic acids is 2. The molecule has 1 saturated heterocycles. The van der Waals surface area contributed by atoms with Crippen LogP contribution in [0.5, 0.6) is 0 Å². The molecule has 1 N–H and O–H groups in total. The van der Waals surface area contributed by atoms with Gasteiger partial charge in [0.25, 0.3) is 0 Å². The van der Waals surface area contributed by atoms with Crippen molar-refractivity contribution < 1.29 is 9.59 Å². The van der Waals surface area contributed by atoms with Gasteiger partial charge >= 0.3 is 0 Å². The fourth-order valence-electron chi connectivity index (χ4n) is 2.78. The van der Waals surface area contributed by atoms with Crippen LogP contribution in [0.2, 0.25) is 0 Å². The number of carbonyl (C=O) groups is 2. The molecule has 1 unspecified atom stereocenters. The maximum absolute atomic E-state index is 12.4. The molecule has 1 aliphatic rings. The number of hydrogen-bond acceptors (Lipinski definition) is 2. The van der Waals surface area contributed by atoms with E-state index in [2.05, 4.69) is 19.2 Å². The van der Waals surface area contributed by atoms with Crippen LogP contribution in [-0.4, -0.2) is 36.3 Å². The summed E-state index contributed by atoms with van der Waals surface area (Å²) in [6, 6.07) is 0. The minimum Gasteiger partial charge on any atom is -0.356 e. The van der Waals surface area contributed by atoms with Crippen molar-refractivity contribution in [2.45, 2.75) is 53.4 Å². The van der Waals surface area contributed by atoms with E-state index in [0.29, 0.717) is 18.4 Å². The van der Waals surface area contributed by atoms with Gasteiger partial charge in [0.2, 0.25) is 11.8 Å². The normalized spacial score (nSPS) is 19.5. The molecule has 4 nitrogen and oxygen atoms in total. The van der Waals surface area contributed by atoms with Crippen LogP contribution in [0.4, 0.5) is 0 Å². The molecule has 0 aliphatic carbocycles. The third kappa shape index (κ3) is 4.80. The Balaban J connectivity index is 2.46. The number of rotatable bonds is 6. The summed E-state index contributed by atoms with van der Waals surface area (Å²) in [5, 5.41) is 2.99. The largest absolute Gasteiger partial charge is 0.356 e. The summed E-state index contributed by atoms with van der Waals surface area (Å²) in [6.07, 6.45) is 3.99. The summed E-state index contributed by atoms with van der Waals surface area (Å²) >= 11 is 0. The van der Waals surface area contributed by atoms with Crippen molar-refractivity contribution in [3.63, 3.8) is 0 Å². The van der Waals surface area contributed by atoms with E-state index in [9.17, 15) is 9.59 Å². The first kappa shape index (κ1) is 17.0. The summed E-state index contributed by atoms with van der Waals surface area (Å²) in [6.45, 7) is 10.3. The number of nitrogens with zero attached hydrogens (tertiary/aromatic N) is 1. The summed E-state index contributed by atoms with van der Waals surface area (Å²) in [5.41, 5.74) is 0. The molecule has 0 bridgehead atoms. The van der Waals surface area contributed by atoms with Crippen LogP contribution in [0.25, 0.3) is 0 Å². The molecule has 0 spiro atoms. The molecule has 1 atom stereocenters. The van der Waals surface area contributed by atoms with E-state index in [1.165, 1.54) is 0 Å². The van der Waals surface area contributed by atoms with Crippen molar-refractivity contribution in [2.75, 3.05) is 19.6 Å². The molecular formula is C16H30N2O2. The van der Waals surface area contributed by atoms with Crippen LogP contribution < -0.4 is 5.32 Å². The van der Waals surface area contributed by atoms with Gasteiger partial charge in [-0.25, -0.2) is 0 Å². The molecule has 20 heavy (non-hydrogen) atoms. The molecule has 1 rings (SSSR count). The minimum absolute atomic E-state index is 0.0286. The third-order valence-electron chi connectivity index (χ3n) is 4.25. The zero-order chi connectivity index (χ0) is 15.1. The monoisotopic (exact) mass is 282 g/mol. The van der Waals surface area contributed by atoms with Gasteiger partial charge in [-0.15, -0.1) is 0 Å². The van der Waals surface area contributed by atoms with Crippen molar-refractivity contribution in [3.05, 3.63) is 0 Å². The molecule has 0 saturated carbocycles. The lowest BCUT2D eigenvalue weighted by atomic mass is 9.94. The smallest absolute Gasteiger partial charge is 0.225 e. The van der Waals surface area contributed by atoms with Crippen LogP contribution in [-0.2, 0) is 9.59 Å². The highest BCUT2D eigenvalue weighted by molar-refractivity contribution is 5.79. The Labute approximate surface area is 123 Å². The molecule has 0 aromatic heterocycles. The van der Waals surface area contributed by atoms with E-state index in [4.69, 9.17) is 0 Å². The third-order valence-corrected chi connectivity index (χ3v) is 4.25. The number of likely N-dealkylation sites (tertiary alicyclic amines) is 1. The second-order valence-electron chi connectivity index (χ2n) is 6.21. The average Bonchev–Trinajstić information content (AvgIpc) is 2.46. The molecule has 1 heterocycles. The lowest BCUT2D eigenvalue weighted by Crippen LogP contribution is -2.46. The van der Waals surface area contributed by atoms with Gasteiger partial charge in [0.05, 0.1) is 0 Å². The SMILES string of the molecule is CCC(CC)C(=O)N1CCCC(CNC(=O)C(C)C)C1. The highest BCUT2D eigenvalue weighted by atomic mass is 16.2. The fraction of sp³-hybridized carbons (Fsp3) is 0.875. The van der Waals surface area contributed by atoms with E-state index in [1.54, 1.807) is 0 Å². The summed E-state index contributed by atoms with van der Waals surface area (Å²) in [4.78, 5) is 26.0. The molecule has 0 aromatic rings. The van der Waals surface area contributed by atoms with Crippen molar-refractivity contribution in [3.8, 4) is 0 Å². The van der Waals surface area contributed by atoms with Gasteiger partial charge in [-0.2, -0.15) is 0 Å². The van der Waals surface area contributed by atoms with Crippen LogP contribution in [0.15, 0.2) is 0 Å². The van der Waals surface area contributed by atoms with Gasteiger partial charge in [-0.05, 0) is 31.6 Å². The van der Waals surface area contributed by atoms with Crippen molar-refractivity contribution in [1.29, 1.82) is 0 Å². The number of amides is 2. The molecule has 4 heteroatoms. The fourth-order valence-corrected chi connectivity index (χ4v) is 2.78. The predicted octanol–water partition coefficient (Wildman–Crippen LogP) is 2.43. The van der Waals surface area contributed by atoms with Crippen LogP contribution >= 0.6 is 0 Å². The molecule has 1 aliphatic heterocycles. The summed E-state index contributed by atoms with van der Waals surface area (Å²) in [5.74, 6) is 1.01. The second kappa shape index (κ2) is 8.28. The van der Waals surface area contributed by atoms with Gasteiger partial charge in [0.15, 0.2) is 0 Å². The topological polar surface area (TPSA) is 49.4 Å². The second-order valence-corrected chi connectivity index (χ2v) is 6.21. The van der Waals surface area contributed by atoms with E-state index < -0.39 is 0 Å². The Morgan fingerprint density at radius 2 is 1.90 bits per heavy atom. The van der Waals surface area contributed by atoms with E-state index >= 15 is 0 Å². The minimum atomic E-state index is 0.0286. The zero-order valence-corrected chi connectivity index (χ0v) is 13.4. The van der Waals surface area contributed by atoms with Gasteiger partial charge in [-0.1, -0.05) is 27.7 Å². The van der Waals surface area contributed by atoms with E-state index in [-0.39, 0.29) is 17.7 Å². The Bertz CT molecular complexity index is 324. The Hall–Kier alpha value is -1.06. The maximum Gasteiger partial charge on any atom is 0.225 e. The summed E-state index contributed by atoms with van der Waals surface area (Å²) < 4.78 is 0. The number of piperidine rings is 1. The van der Waals surface area contributed by atoms with E-state index in [1.807, 2.05) is 18.7 Å². The first-order chi connectivity index (χ1) is 9.49. The quantitative estimate of drug-likeness (QED) is 0.813. The van der Waals surface area contributed by atoms with Gasteiger partial charge < -0.3 is 10.2 Å². The van der Waals surface area contributed by atoms with Gasteiger partial charge in [0, 0.05) is 31.5 Å². The first-order valence-corrected chi connectivity index (χ1v) is 8.06. The average molecular weight is 282 g/mol. The van der Waals surface area contributed by atoms with Gasteiger partial charge in [-0.3, -0.25) is 9.59 Å². The molecule has 0 radical (unpaired) electrons. The lowest BCUT2D eigenvalue weighted by molar-refractivity contribution is -0.137. The number of nitrogens with one attached hydrogen (secondary N) is 1. The predicted molar refractivity (Wildman–Crippen MR) is 81.2 cm³/mol. The maximum atomic E-state index is 12.4. The standard InChI is InChI=1S/C16H30N2O2/c1-5-14(6-2)16(20)18-9-7-8-13(11-18)10-17-15(19)12(3)4/h12-14H,5-11H2,1-4H3,(H,17,19). The Morgan fingerprint density at radius 1 is 1.25 bits per heavy atom. The highest BCUT2D eigenvalue weighted by Crippen LogP contribution is 2.20. The first-order valence-electron chi connectivity index (χ1n) is 8.06.